The van der Waals surface area contributed by atoms with Crippen molar-refractivity contribution in [2.45, 2.75) is 19.5 Å². The molecule has 0 spiro atoms. The predicted molar refractivity (Wildman–Crippen MR) is 114 cm³/mol. The molecule has 1 aromatic carbocycles. The highest BCUT2D eigenvalue weighted by molar-refractivity contribution is 6.31. The van der Waals surface area contributed by atoms with Gasteiger partial charge >= 0.3 is 6.09 Å². The first-order valence-electron chi connectivity index (χ1n) is 10.4. The van der Waals surface area contributed by atoms with E-state index in [1.54, 1.807) is 11.8 Å². The number of hydrogen-bond donors (Lipinski definition) is 0. The molecule has 30 heavy (non-hydrogen) atoms. The highest BCUT2D eigenvalue weighted by atomic mass is 35.5. The number of nitrogens with zero attached hydrogens (tertiary/aromatic N) is 4. The van der Waals surface area contributed by atoms with Crippen LogP contribution in [0.5, 0.6) is 0 Å². The molecule has 1 atom stereocenters. The van der Waals surface area contributed by atoms with Crippen LogP contribution in [0.1, 0.15) is 24.2 Å². The molecule has 2 aliphatic heterocycles. The largest absolute Gasteiger partial charge is 0.450 e. The van der Waals surface area contributed by atoms with Crippen LogP contribution in [-0.4, -0.2) is 77.1 Å². The van der Waals surface area contributed by atoms with Crippen molar-refractivity contribution in [1.82, 2.24) is 19.3 Å². The predicted octanol–water partition coefficient (Wildman–Crippen LogP) is 2.85. The van der Waals surface area contributed by atoms with Crippen molar-refractivity contribution in [1.29, 1.82) is 0 Å². The number of benzene rings is 1. The van der Waals surface area contributed by atoms with Crippen LogP contribution in [0.2, 0.25) is 5.02 Å². The molecule has 1 fully saturated rings. The zero-order chi connectivity index (χ0) is 21.1. The van der Waals surface area contributed by atoms with Gasteiger partial charge in [-0.2, -0.15) is 0 Å². The summed E-state index contributed by atoms with van der Waals surface area (Å²) in [6.45, 7) is 6.14. The smallest absolute Gasteiger partial charge is 0.409 e. The van der Waals surface area contributed by atoms with Gasteiger partial charge in [-0.3, -0.25) is 9.69 Å². The van der Waals surface area contributed by atoms with Gasteiger partial charge in [0.15, 0.2) is 0 Å². The molecule has 1 aromatic heterocycles. The molecule has 2 aromatic rings. The van der Waals surface area contributed by atoms with Gasteiger partial charge < -0.3 is 19.1 Å². The van der Waals surface area contributed by atoms with Crippen LogP contribution in [0.3, 0.4) is 0 Å². The molecule has 4 rings (SSSR count). The quantitative estimate of drug-likeness (QED) is 0.748. The van der Waals surface area contributed by atoms with Crippen molar-refractivity contribution < 1.29 is 14.3 Å². The van der Waals surface area contributed by atoms with Gasteiger partial charge in [-0.1, -0.05) is 29.8 Å². The maximum atomic E-state index is 13.1. The first-order valence-corrected chi connectivity index (χ1v) is 10.8. The number of fused-ring (bicyclic) bond motifs is 1. The fraction of sp³-hybridized carbons (Fsp3) is 0.455. The lowest BCUT2D eigenvalue weighted by molar-refractivity contribution is -0.134. The molecule has 160 valence electrons. The van der Waals surface area contributed by atoms with Crippen LogP contribution in [0.4, 0.5) is 4.79 Å². The van der Waals surface area contributed by atoms with Crippen molar-refractivity contribution in [3.8, 4) is 0 Å². The summed E-state index contributed by atoms with van der Waals surface area (Å²) in [5, 5.41) is 0.706. The van der Waals surface area contributed by atoms with Crippen LogP contribution in [0.25, 0.3) is 0 Å². The SMILES string of the molecule is CCOC(=O)N1CCN(C(=O)CN2CCn3cccc3C2c2ccccc2Cl)CC1. The van der Waals surface area contributed by atoms with Gasteiger partial charge in [0.1, 0.15) is 0 Å². The molecule has 1 saturated heterocycles. The van der Waals surface area contributed by atoms with Crippen molar-refractivity contribution in [3.63, 3.8) is 0 Å². The number of carbonyl (C=O) groups excluding carboxylic acids is 2. The van der Waals surface area contributed by atoms with E-state index in [9.17, 15) is 9.59 Å². The summed E-state index contributed by atoms with van der Waals surface area (Å²) < 4.78 is 7.29. The molecule has 3 heterocycles. The van der Waals surface area contributed by atoms with Crippen molar-refractivity contribution >= 4 is 23.6 Å². The first kappa shape index (κ1) is 20.8. The molecule has 2 amide bonds. The number of rotatable bonds is 4. The van der Waals surface area contributed by atoms with E-state index in [0.717, 1.165) is 24.3 Å². The standard InChI is InChI=1S/C22H27ClN4O3/c1-2-30-22(29)26-13-11-25(12-14-26)20(28)16-27-15-10-24-9-5-8-19(24)21(27)17-6-3-4-7-18(17)23/h3-9,21H,2,10-16H2,1H3. The topological polar surface area (TPSA) is 58.0 Å². The Morgan fingerprint density at radius 3 is 2.47 bits per heavy atom. The van der Waals surface area contributed by atoms with E-state index in [0.29, 0.717) is 44.4 Å². The van der Waals surface area contributed by atoms with E-state index in [2.05, 4.69) is 21.7 Å². The van der Waals surface area contributed by atoms with E-state index in [1.165, 1.54) is 0 Å². The minimum Gasteiger partial charge on any atom is -0.450 e. The van der Waals surface area contributed by atoms with Gasteiger partial charge in [0.25, 0.3) is 0 Å². The van der Waals surface area contributed by atoms with Gasteiger partial charge in [-0.05, 0) is 30.7 Å². The van der Waals surface area contributed by atoms with Gasteiger partial charge in [-0.15, -0.1) is 0 Å². The Bertz CT molecular complexity index is 907. The monoisotopic (exact) mass is 430 g/mol. The van der Waals surface area contributed by atoms with Crippen molar-refractivity contribution in [2.75, 3.05) is 45.9 Å². The third kappa shape index (κ3) is 4.18. The van der Waals surface area contributed by atoms with Crippen LogP contribution >= 0.6 is 11.6 Å². The molecule has 0 radical (unpaired) electrons. The van der Waals surface area contributed by atoms with Crippen LogP contribution in [0.15, 0.2) is 42.6 Å². The molecule has 0 N–H and O–H groups in total. The lowest BCUT2D eigenvalue weighted by Crippen LogP contribution is -2.53. The molecule has 0 saturated carbocycles. The molecule has 1 unspecified atom stereocenters. The highest BCUT2D eigenvalue weighted by Gasteiger charge is 2.33. The Hall–Kier alpha value is -2.51. The Morgan fingerprint density at radius 2 is 1.73 bits per heavy atom. The van der Waals surface area contributed by atoms with Crippen molar-refractivity contribution in [2.24, 2.45) is 0 Å². The number of amides is 2. The first-order chi connectivity index (χ1) is 14.6. The second-order valence-electron chi connectivity index (χ2n) is 7.59. The van der Waals surface area contributed by atoms with E-state index in [4.69, 9.17) is 16.3 Å². The second kappa shape index (κ2) is 9.10. The highest BCUT2D eigenvalue weighted by Crippen LogP contribution is 2.35. The summed E-state index contributed by atoms with van der Waals surface area (Å²) >= 11 is 6.53. The molecular formula is C22H27ClN4O3. The number of hydrogen-bond acceptors (Lipinski definition) is 4. The van der Waals surface area contributed by atoms with E-state index in [1.807, 2.05) is 35.2 Å². The van der Waals surface area contributed by atoms with Crippen LogP contribution in [-0.2, 0) is 16.1 Å². The summed E-state index contributed by atoms with van der Waals surface area (Å²) in [4.78, 5) is 30.7. The van der Waals surface area contributed by atoms with E-state index < -0.39 is 0 Å². The van der Waals surface area contributed by atoms with E-state index in [-0.39, 0.29) is 18.0 Å². The van der Waals surface area contributed by atoms with Gasteiger partial charge in [0.05, 0.1) is 19.2 Å². The Kier molecular flexibility index (Phi) is 6.29. The summed E-state index contributed by atoms with van der Waals surface area (Å²) in [5.41, 5.74) is 2.16. The zero-order valence-corrected chi connectivity index (χ0v) is 17.9. The fourth-order valence-electron chi connectivity index (χ4n) is 4.28. The third-order valence-corrected chi connectivity index (χ3v) is 6.18. The minimum absolute atomic E-state index is 0.0628. The maximum absolute atomic E-state index is 13.1. The number of aromatic nitrogens is 1. The van der Waals surface area contributed by atoms with E-state index >= 15 is 0 Å². The molecular weight excluding hydrogens is 404 g/mol. The normalized spacial score (nSPS) is 19.5. The number of piperazine rings is 1. The summed E-state index contributed by atoms with van der Waals surface area (Å²) in [6.07, 6.45) is 1.77. The Balaban J connectivity index is 1.46. The van der Waals surface area contributed by atoms with Gasteiger partial charge in [0.2, 0.25) is 5.91 Å². The minimum atomic E-state index is -0.305. The molecule has 0 aliphatic carbocycles. The summed E-state index contributed by atoms with van der Waals surface area (Å²) in [7, 11) is 0. The summed E-state index contributed by atoms with van der Waals surface area (Å²) in [5.74, 6) is 0.0792. The molecule has 2 aliphatic rings. The molecule has 8 heteroatoms. The number of halogens is 1. The van der Waals surface area contributed by atoms with Crippen LogP contribution < -0.4 is 0 Å². The van der Waals surface area contributed by atoms with Crippen LogP contribution in [0, 0.1) is 0 Å². The van der Waals surface area contributed by atoms with Gasteiger partial charge in [0, 0.05) is 56.2 Å². The average Bonchev–Trinajstić information content (AvgIpc) is 3.23. The molecule has 0 bridgehead atoms. The number of ether oxygens (including phenoxy) is 1. The Labute approximate surface area is 181 Å². The van der Waals surface area contributed by atoms with Crippen molar-refractivity contribution in [3.05, 3.63) is 58.9 Å². The maximum Gasteiger partial charge on any atom is 0.409 e. The lowest BCUT2D eigenvalue weighted by atomic mass is 9.99. The third-order valence-electron chi connectivity index (χ3n) is 5.83. The number of carbonyl (C=O) groups is 2. The Morgan fingerprint density at radius 1 is 1.00 bits per heavy atom. The molecule has 7 nitrogen and oxygen atoms in total. The second-order valence-corrected chi connectivity index (χ2v) is 7.99. The zero-order valence-electron chi connectivity index (χ0n) is 17.2. The fourth-order valence-corrected chi connectivity index (χ4v) is 4.52. The lowest BCUT2D eigenvalue weighted by Gasteiger charge is -2.39. The van der Waals surface area contributed by atoms with Gasteiger partial charge in [-0.25, -0.2) is 4.79 Å². The summed E-state index contributed by atoms with van der Waals surface area (Å²) in [6, 6.07) is 11.9. The average molecular weight is 431 g/mol.